The van der Waals surface area contributed by atoms with Crippen LogP contribution in [0, 0.1) is 5.92 Å². The topological polar surface area (TPSA) is 77.1 Å². The largest absolute Gasteiger partial charge is 0.490 e. The predicted molar refractivity (Wildman–Crippen MR) is 92.0 cm³/mol. The first-order valence-corrected chi connectivity index (χ1v) is 8.79. The van der Waals surface area contributed by atoms with Crippen LogP contribution in [0.4, 0.5) is 10.5 Å². The minimum absolute atomic E-state index is 0.0940. The van der Waals surface area contributed by atoms with E-state index in [1.54, 1.807) is 24.0 Å². The Kier molecular flexibility index (Phi) is 5.63. The average Bonchev–Trinajstić information content (AvgIpc) is 2.87. The van der Waals surface area contributed by atoms with Crippen LogP contribution in [0.25, 0.3) is 0 Å². The Morgan fingerprint density at radius 3 is 2.84 bits per heavy atom. The quantitative estimate of drug-likeness (QED) is 0.909. The summed E-state index contributed by atoms with van der Waals surface area (Å²) >= 11 is 0. The normalized spacial score (nSPS) is 19.7. The number of piperidine rings is 1. The summed E-state index contributed by atoms with van der Waals surface area (Å²) in [5, 5.41) is 2.92. The van der Waals surface area contributed by atoms with Crippen molar-refractivity contribution in [2.45, 2.75) is 26.2 Å². The molecule has 0 aliphatic carbocycles. The lowest BCUT2D eigenvalue weighted by Crippen LogP contribution is -2.44. The molecule has 25 heavy (non-hydrogen) atoms. The molecule has 2 aliphatic heterocycles. The summed E-state index contributed by atoms with van der Waals surface area (Å²) in [5.41, 5.74) is 0.669. The third-order valence-electron chi connectivity index (χ3n) is 4.33. The molecular weight excluding hydrogens is 324 g/mol. The van der Waals surface area contributed by atoms with Crippen LogP contribution in [0.1, 0.15) is 26.2 Å². The van der Waals surface area contributed by atoms with E-state index in [1.807, 2.05) is 6.07 Å². The fraction of sp³-hybridized carbons (Fsp3) is 0.556. The van der Waals surface area contributed by atoms with Crippen molar-refractivity contribution in [3.8, 4) is 11.5 Å². The number of benzene rings is 1. The number of ether oxygens (including phenoxy) is 3. The molecule has 1 aromatic rings. The molecule has 0 bridgehead atoms. The summed E-state index contributed by atoms with van der Waals surface area (Å²) in [6.45, 7) is 4.35. The van der Waals surface area contributed by atoms with Crippen LogP contribution in [0.3, 0.4) is 0 Å². The third kappa shape index (κ3) is 4.35. The van der Waals surface area contributed by atoms with Crippen molar-refractivity contribution in [1.29, 1.82) is 0 Å². The standard InChI is InChI=1S/C18H24N2O5/c1-2-23-18(22)20-8-3-5-13(12-20)17(21)19-14-6-7-15-16(11-14)25-10-4-9-24-15/h6-7,11,13H,2-5,8-10,12H2,1H3,(H,19,21)/t13-/m0/s1. The Hall–Kier alpha value is -2.44. The zero-order valence-corrected chi connectivity index (χ0v) is 14.5. The Labute approximate surface area is 147 Å². The number of fused-ring (bicyclic) bond motifs is 1. The highest BCUT2D eigenvalue weighted by atomic mass is 16.6. The van der Waals surface area contributed by atoms with Crippen LogP contribution < -0.4 is 14.8 Å². The molecule has 1 fully saturated rings. The van der Waals surface area contributed by atoms with E-state index in [0.29, 0.717) is 50.1 Å². The Bertz CT molecular complexity index is 634. The predicted octanol–water partition coefficient (Wildman–Crippen LogP) is 2.65. The number of nitrogens with one attached hydrogen (secondary N) is 1. The van der Waals surface area contributed by atoms with Gasteiger partial charge in [-0.25, -0.2) is 4.79 Å². The van der Waals surface area contributed by atoms with Crippen LogP contribution in [0.15, 0.2) is 18.2 Å². The number of likely N-dealkylation sites (tertiary alicyclic amines) is 1. The molecule has 2 aliphatic rings. The minimum atomic E-state index is -0.351. The van der Waals surface area contributed by atoms with Crippen LogP contribution in [0.5, 0.6) is 11.5 Å². The first-order chi connectivity index (χ1) is 12.2. The summed E-state index contributed by atoms with van der Waals surface area (Å²) in [7, 11) is 0. The van der Waals surface area contributed by atoms with Gasteiger partial charge in [-0.1, -0.05) is 0 Å². The number of nitrogens with zero attached hydrogens (tertiary/aromatic N) is 1. The monoisotopic (exact) mass is 348 g/mol. The van der Waals surface area contributed by atoms with E-state index in [9.17, 15) is 9.59 Å². The molecule has 1 N–H and O–H groups in total. The van der Waals surface area contributed by atoms with Crippen molar-refractivity contribution < 1.29 is 23.8 Å². The van der Waals surface area contributed by atoms with Gasteiger partial charge in [-0.15, -0.1) is 0 Å². The molecule has 0 unspecified atom stereocenters. The van der Waals surface area contributed by atoms with Crippen molar-refractivity contribution in [3.05, 3.63) is 18.2 Å². The van der Waals surface area contributed by atoms with Gasteiger partial charge in [0.25, 0.3) is 0 Å². The number of rotatable bonds is 3. The Morgan fingerprint density at radius 2 is 2.04 bits per heavy atom. The molecule has 1 saturated heterocycles. The highest BCUT2D eigenvalue weighted by molar-refractivity contribution is 5.93. The van der Waals surface area contributed by atoms with Crippen molar-refractivity contribution in [2.75, 3.05) is 38.2 Å². The van der Waals surface area contributed by atoms with Gasteiger partial charge in [-0.2, -0.15) is 0 Å². The van der Waals surface area contributed by atoms with Crippen LogP contribution in [-0.2, 0) is 9.53 Å². The molecule has 136 valence electrons. The van der Waals surface area contributed by atoms with Gasteiger partial charge in [0.15, 0.2) is 11.5 Å². The molecule has 2 amide bonds. The maximum atomic E-state index is 12.6. The number of hydrogen-bond acceptors (Lipinski definition) is 5. The molecule has 0 aromatic heterocycles. The fourth-order valence-electron chi connectivity index (χ4n) is 3.06. The molecule has 1 aromatic carbocycles. The second kappa shape index (κ2) is 8.09. The maximum Gasteiger partial charge on any atom is 0.409 e. The van der Waals surface area contributed by atoms with Crippen molar-refractivity contribution in [2.24, 2.45) is 5.92 Å². The molecule has 3 rings (SSSR count). The van der Waals surface area contributed by atoms with E-state index >= 15 is 0 Å². The van der Waals surface area contributed by atoms with E-state index in [0.717, 1.165) is 19.3 Å². The smallest absolute Gasteiger partial charge is 0.409 e. The van der Waals surface area contributed by atoms with Gasteiger partial charge in [-0.3, -0.25) is 4.79 Å². The first-order valence-electron chi connectivity index (χ1n) is 8.79. The SMILES string of the molecule is CCOC(=O)N1CCC[C@H](C(=O)Nc2ccc3c(c2)OCCCO3)C1. The van der Waals surface area contributed by atoms with E-state index < -0.39 is 0 Å². The average molecular weight is 348 g/mol. The summed E-state index contributed by atoms with van der Waals surface area (Å²) in [4.78, 5) is 26.0. The van der Waals surface area contributed by atoms with Gasteiger partial charge >= 0.3 is 6.09 Å². The highest BCUT2D eigenvalue weighted by Crippen LogP contribution is 2.32. The number of carbonyl (C=O) groups excluding carboxylic acids is 2. The zero-order valence-electron chi connectivity index (χ0n) is 14.5. The van der Waals surface area contributed by atoms with Crippen LogP contribution >= 0.6 is 0 Å². The van der Waals surface area contributed by atoms with Crippen molar-refractivity contribution in [1.82, 2.24) is 4.90 Å². The number of carbonyl (C=O) groups is 2. The Balaban J connectivity index is 1.62. The third-order valence-corrected chi connectivity index (χ3v) is 4.33. The first kappa shape index (κ1) is 17.4. The molecule has 7 heteroatoms. The number of hydrogen-bond donors (Lipinski definition) is 1. The van der Waals surface area contributed by atoms with Crippen molar-refractivity contribution in [3.63, 3.8) is 0 Å². The Morgan fingerprint density at radius 1 is 1.24 bits per heavy atom. The second-order valence-electron chi connectivity index (χ2n) is 6.19. The summed E-state index contributed by atoms with van der Waals surface area (Å²) in [5.74, 6) is 1.01. The minimum Gasteiger partial charge on any atom is -0.490 e. The lowest BCUT2D eigenvalue weighted by Gasteiger charge is -2.31. The zero-order chi connectivity index (χ0) is 17.6. The fourth-order valence-corrected chi connectivity index (χ4v) is 3.06. The molecular formula is C18H24N2O5. The van der Waals surface area contributed by atoms with Gasteiger partial charge in [-0.05, 0) is 31.9 Å². The molecule has 0 spiro atoms. The highest BCUT2D eigenvalue weighted by Gasteiger charge is 2.29. The molecule has 0 saturated carbocycles. The molecule has 7 nitrogen and oxygen atoms in total. The lowest BCUT2D eigenvalue weighted by molar-refractivity contribution is -0.121. The van der Waals surface area contributed by atoms with Crippen LogP contribution in [-0.4, -0.2) is 49.8 Å². The summed E-state index contributed by atoms with van der Waals surface area (Å²) in [6, 6.07) is 5.39. The maximum absolute atomic E-state index is 12.6. The van der Waals surface area contributed by atoms with E-state index in [-0.39, 0.29) is 17.9 Å². The van der Waals surface area contributed by atoms with Gasteiger partial charge in [0.1, 0.15) is 0 Å². The molecule has 1 atom stereocenters. The van der Waals surface area contributed by atoms with Crippen molar-refractivity contribution >= 4 is 17.7 Å². The van der Waals surface area contributed by atoms with Gasteiger partial charge in [0.05, 0.1) is 25.7 Å². The van der Waals surface area contributed by atoms with E-state index in [4.69, 9.17) is 14.2 Å². The second-order valence-corrected chi connectivity index (χ2v) is 6.19. The summed E-state index contributed by atoms with van der Waals surface area (Å²) in [6.07, 6.45) is 2.03. The van der Waals surface area contributed by atoms with Gasteiger partial charge < -0.3 is 24.4 Å². The molecule has 0 radical (unpaired) electrons. The van der Waals surface area contributed by atoms with E-state index in [2.05, 4.69) is 5.32 Å². The lowest BCUT2D eigenvalue weighted by atomic mass is 9.97. The summed E-state index contributed by atoms with van der Waals surface area (Å²) < 4.78 is 16.3. The number of amides is 2. The molecule has 2 heterocycles. The van der Waals surface area contributed by atoms with Gasteiger partial charge in [0, 0.05) is 31.3 Å². The van der Waals surface area contributed by atoms with Crippen LogP contribution in [0.2, 0.25) is 0 Å². The van der Waals surface area contributed by atoms with E-state index in [1.165, 1.54) is 0 Å². The van der Waals surface area contributed by atoms with Gasteiger partial charge in [0.2, 0.25) is 5.91 Å². The number of anilines is 1.